The highest BCUT2D eigenvalue weighted by Gasteiger charge is 1.94. The lowest BCUT2D eigenvalue weighted by Gasteiger charge is -1.96. The molecule has 2 aromatic rings. The number of hydrogen-bond donors (Lipinski definition) is 1. The number of thiophene rings is 1. The molecule has 1 nitrogen and oxygen atoms in total. The van der Waals surface area contributed by atoms with E-state index in [0.29, 0.717) is 0 Å². The van der Waals surface area contributed by atoms with Crippen molar-refractivity contribution in [1.82, 2.24) is 0 Å². The number of aliphatic hydroxyl groups excluding tert-OH is 1. The molecule has 0 radical (unpaired) electrons. The van der Waals surface area contributed by atoms with E-state index in [1.54, 1.807) is 0 Å². The van der Waals surface area contributed by atoms with Gasteiger partial charge in [-0.1, -0.05) is 36.4 Å². The summed E-state index contributed by atoms with van der Waals surface area (Å²) in [7, 11) is 1.00. The number of rotatable bonds is 2. The van der Waals surface area contributed by atoms with Gasteiger partial charge in [-0.3, -0.25) is 0 Å². The van der Waals surface area contributed by atoms with Crippen LogP contribution in [0.5, 0.6) is 0 Å². The Morgan fingerprint density at radius 1 is 1.00 bits per heavy atom. The monoisotopic (exact) mass is 206 g/mol. The summed E-state index contributed by atoms with van der Waals surface area (Å²) in [6.07, 6.45) is 1.07. The minimum Gasteiger partial charge on any atom is -0.400 e. The summed E-state index contributed by atoms with van der Waals surface area (Å²) < 4.78 is 0. The average molecular weight is 206 g/mol. The lowest BCUT2D eigenvalue weighted by Crippen LogP contribution is -1.81. The molecule has 2 heteroatoms. The van der Waals surface area contributed by atoms with Gasteiger partial charge in [-0.25, -0.2) is 0 Å². The van der Waals surface area contributed by atoms with Gasteiger partial charge in [0.05, 0.1) is 0 Å². The van der Waals surface area contributed by atoms with E-state index >= 15 is 0 Å². The maximum absolute atomic E-state index is 7.00. The smallest absolute Gasteiger partial charge is 0.0319 e. The topological polar surface area (TPSA) is 20.2 Å². The van der Waals surface area contributed by atoms with Crippen molar-refractivity contribution < 1.29 is 5.11 Å². The van der Waals surface area contributed by atoms with Crippen LogP contribution < -0.4 is 0 Å². The molecule has 0 aliphatic rings. The fourth-order valence-electron chi connectivity index (χ4n) is 1.21. The van der Waals surface area contributed by atoms with Crippen molar-refractivity contribution in [3.05, 3.63) is 58.3 Å². The summed E-state index contributed by atoms with van der Waals surface area (Å²) in [5.74, 6) is 0. The third-order valence-electron chi connectivity index (χ3n) is 1.80. The van der Waals surface area contributed by atoms with Gasteiger partial charge in [0.15, 0.2) is 0 Å². The number of aliphatic hydroxyl groups is 1. The Balaban J connectivity index is 0.000000461. The zero-order valence-corrected chi connectivity index (χ0v) is 9.00. The Kier molecular flexibility index (Phi) is 4.97. The third-order valence-corrected chi connectivity index (χ3v) is 2.68. The molecule has 0 atom stereocenters. The molecule has 0 bridgehead atoms. The van der Waals surface area contributed by atoms with Crippen LogP contribution in [0.3, 0.4) is 0 Å². The summed E-state index contributed by atoms with van der Waals surface area (Å²) >= 11 is 1.82. The predicted molar refractivity (Wildman–Crippen MR) is 61.7 cm³/mol. The molecule has 0 saturated heterocycles. The van der Waals surface area contributed by atoms with Crippen LogP contribution >= 0.6 is 11.3 Å². The molecule has 0 saturated carbocycles. The normalized spacial score (nSPS) is 9.00. The van der Waals surface area contributed by atoms with E-state index in [1.165, 1.54) is 10.4 Å². The van der Waals surface area contributed by atoms with Crippen molar-refractivity contribution in [3.63, 3.8) is 0 Å². The van der Waals surface area contributed by atoms with Crippen molar-refractivity contribution >= 4 is 11.3 Å². The second-order valence-electron chi connectivity index (χ2n) is 2.74. The van der Waals surface area contributed by atoms with Gasteiger partial charge in [-0.2, -0.15) is 0 Å². The molecule has 1 aromatic carbocycles. The highest BCUT2D eigenvalue weighted by molar-refractivity contribution is 7.09. The first-order chi connectivity index (χ1) is 6.95. The lowest BCUT2D eigenvalue weighted by molar-refractivity contribution is 0.399. The summed E-state index contributed by atoms with van der Waals surface area (Å²) in [5.41, 5.74) is 1.39. The summed E-state index contributed by atoms with van der Waals surface area (Å²) in [4.78, 5) is 1.43. The van der Waals surface area contributed by atoms with Crippen LogP contribution in [0.15, 0.2) is 47.8 Å². The second kappa shape index (κ2) is 6.35. The van der Waals surface area contributed by atoms with Crippen molar-refractivity contribution in [1.29, 1.82) is 0 Å². The Bertz CT molecular complexity index is 326. The van der Waals surface area contributed by atoms with Crippen LogP contribution in [0, 0.1) is 0 Å². The highest BCUT2D eigenvalue weighted by atomic mass is 32.1. The largest absolute Gasteiger partial charge is 0.400 e. The molecular weight excluding hydrogens is 192 g/mol. The highest BCUT2D eigenvalue weighted by Crippen LogP contribution is 2.13. The molecule has 1 N–H and O–H groups in total. The van der Waals surface area contributed by atoms with Crippen molar-refractivity contribution in [2.24, 2.45) is 0 Å². The van der Waals surface area contributed by atoms with Gasteiger partial charge in [-0.05, 0) is 17.0 Å². The van der Waals surface area contributed by atoms with E-state index in [4.69, 9.17) is 5.11 Å². The zero-order valence-electron chi connectivity index (χ0n) is 8.18. The summed E-state index contributed by atoms with van der Waals surface area (Å²) in [6.45, 7) is 0. The molecule has 14 heavy (non-hydrogen) atoms. The van der Waals surface area contributed by atoms with E-state index in [-0.39, 0.29) is 0 Å². The fraction of sp³-hybridized carbons (Fsp3) is 0.167. The van der Waals surface area contributed by atoms with E-state index in [2.05, 4.69) is 47.8 Å². The molecule has 0 amide bonds. The van der Waals surface area contributed by atoms with Gasteiger partial charge >= 0.3 is 0 Å². The standard InChI is InChI=1S/C11H10S.CH4O/c1-2-5-10(6-3-1)9-11-7-4-8-12-11;1-2/h1-8H,9H2;2H,1H3. The van der Waals surface area contributed by atoms with Crippen LogP contribution in [0.2, 0.25) is 0 Å². The van der Waals surface area contributed by atoms with Gasteiger partial charge < -0.3 is 5.11 Å². The van der Waals surface area contributed by atoms with Gasteiger partial charge in [-0.15, -0.1) is 11.3 Å². The molecule has 1 aromatic heterocycles. The molecule has 0 aliphatic carbocycles. The summed E-state index contributed by atoms with van der Waals surface area (Å²) in [5, 5.41) is 9.12. The Morgan fingerprint density at radius 2 is 1.71 bits per heavy atom. The van der Waals surface area contributed by atoms with E-state index in [1.807, 2.05) is 11.3 Å². The van der Waals surface area contributed by atoms with Crippen LogP contribution in [0.4, 0.5) is 0 Å². The Labute approximate surface area is 88.7 Å². The number of benzene rings is 1. The van der Waals surface area contributed by atoms with Crippen molar-refractivity contribution in [2.45, 2.75) is 6.42 Å². The summed E-state index contributed by atoms with van der Waals surface area (Å²) in [6, 6.07) is 14.8. The molecule has 2 rings (SSSR count). The average Bonchev–Trinajstić information content (AvgIpc) is 2.75. The minimum absolute atomic E-state index is 1.00. The van der Waals surface area contributed by atoms with Crippen molar-refractivity contribution in [2.75, 3.05) is 7.11 Å². The van der Waals surface area contributed by atoms with Gasteiger partial charge in [0, 0.05) is 18.4 Å². The van der Waals surface area contributed by atoms with Crippen LogP contribution in [0.25, 0.3) is 0 Å². The first kappa shape index (κ1) is 11.0. The van der Waals surface area contributed by atoms with Crippen LogP contribution in [0.1, 0.15) is 10.4 Å². The third kappa shape index (κ3) is 3.32. The Morgan fingerprint density at radius 3 is 2.29 bits per heavy atom. The van der Waals surface area contributed by atoms with Crippen molar-refractivity contribution in [3.8, 4) is 0 Å². The molecule has 0 spiro atoms. The first-order valence-corrected chi connectivity index (χ1v) is 5.34. The minimum atomic E-state index is 1.00. The quantitative estimate of drug-likeness (QED) is 0.801. The van der Waals surface area contributed by atoms with Gasteiger partial charge in [0.2, 0.25) is 0 Å². The fourth-order valence-corrected chi connectivity index (χ4v) is 1.95. The SMILES string of the molecule is CO.c1ccc(Cc2cccs2)cc1. The molecule has 74 valence electrons. The van der Waals surface area contributed by atoms with E-state index in [9.17, 15) is 0 Å². The van der Waals surface area contributed by atoms with E-state index < -0.39 is 0 Å². The van der Waals surface area contributed by atoms with Gasteiger partial charge in [0.1, 0.15) is 0 Å². The van der Waals surface area contributed by atoms with Crippen LogP contribution in [-0.4, -0.2) is 12.2 Å². The second-order valence-corrected chi connectivity index (χ2v) is 3.77. The Hall–Kier alpha value is -1.12. The van der Waals surface area contributed by atoms with Gasteiger partial charge in [0.25, 0.3) is 0 Å². The lowest BCUT2D eigenvalue weighted by atomic mass is 10.1. The molecule has 0 unspecified atom stereocenters. The first-order valence-electron chi connectivity index (χ1n) is 4.46. The maximum Gasteiger partial charge on any atom is 0.0319 e. The molecule has 0 fully saturated rings. The predicted octanol–water partition coefficient (Wildman–Crippen LogP) is 2.95. The van der Waals surface area contributed by atoms with Crippen LogP contribution in [-0.2, 0) is 6.42 Å². The number of hydrogen-bond acceptors (Lipinski definition) is 2. The molecular formula is C12H14OS. The van der Waals surface area contributed by atoms with E-state index in [0.717, 1.165) is 13.5 Å². The zero-order chi connectivity index (χ0) is 10.2. The molecule has 1 heterocycles. The molecule has 0 aliphatic heterocycles. The maximum atomic E-state index is 7.00.